The standard InChI is InChI=1S/C20H23Cl2N3OS/c1-2-24-10-12-25(13-11-24)16-8-6-15(7-9-16)23-19(26)14-27-20-17(21)4-3-5-18(20)22/h3-9H,2,10-14H2,1H3,(H,23,26). The van der Waals surface area contributed by atoms with E-state index in [4.69, 9.17) is 23.2 Å². The Bertz CT molecular complexity index is 757. The predicted octanol–water partition coefficient (Wildman–Crippen LogP) is 4.87. The fraction of sp³-hybridized carbons (Fsp3) is 0.350. The highest BCUT2D eigenvalue weighted by molar-refractivity contribution is 8.00. The summed E-state index contributed by atoms with van der Waals surface area (Å²) in [5.74, 6) is 0.171. The summed E-state index contributed by atoms with van der Waals surface area (Å²) >= 11 is 13.6. The third-order valence-electron chi connectivity index (χ3n) is 4.60. The summed E-state index contributed by atoms with van der Waals surface area (Å²) in [4.78, 5) is 17.8. The number of anilines is 2. The van der Waals surface area contributed by atoms with Crippen LogP contribution in [0.1, 0.15) is 6.92 Å². The molecule has 0 radical (unpaired) electrons. The number of rotatable bonds is 6. The van der Waals surface area contributed by atoms with Crippen molar-refractivity contribution >= 4 is 52.2 Å². The van der Waals surface area contributed by atoms with Crippen LogP contribution in [0, 0.1) is 0 Å². The average molecular weight is 424 g/mol. The maximum Gasteiger partial charge on any atom is 0.234 e. The molecule has 0 atom stereocenters. The van der Waals surface area contributed by atoms with Crippen LogP contribution in [0.25, 0.3) is 0 Å². The summed E-state index contributed by atoms with van der Waals surface area (Å²) in [6.07, 6.45) is 0. The van der Waals surface area contributed by atoms with Gasteiger partial charge in [0.05, 0.1) is 15.8 Å². The van der Waals surface area contributed by atoms with Gasteiger partial charge in [0.15, 0.2) is 0 Å². The minimum atomic E-state index is -0.0831. The van der Waals surface area contributed by atoms with E-state index in [2.05, 4.69) is 34.2 Å². The molecule has 1 fully saturated rings. The molecule has 27 heavy (non-hydrogen) atoms. The molecule has 2 aromatic carbocycles. The highest BCUT2D eigenvalue weighted by atomic mass is 35.5. The summed E-state index contributed by atoms with van der Waals surface area (Å²) in [5, 5.41) is 4.05. The number of nitrogens with zero attached hydrogens (tertiary/aromatic N) is 2. The van der Waals surface area contributed by atoms with Gasteiger partial charge in [-0.3, -0.25) is 4.79 Å². The van der Waals surface area contributed by atoms with E-state index in [9.17, 15) is 4.79 Å². The molecule has 144 valence electrons. The van der Waals surface area contributed by atoms with Gasteiger partial charge in [0.1, 0.15) is 0 Å². The molecule has 0 spiro atoms. The van der Waals surface area contributed by atoms with Gasteiger partial charge < -0.3 is 15.1 Å². The molecule has 7 heteroatoms. The Hall–Kier alpha value is -1.40. The maximum absolute atomic E-state index is 12.2. The van der Waals surface area contributed by atoms with Crippen LogP contribution in [-0.4, -0.2) is 49.3 Å². The van der Waals surface area contributed by atoms with Crippen LogP contribution in [0.15, 0.2) is 47.4 Å². The zero-order valence-electron chi connectivity index (χ0n) is 15.3. The summed E-state index contributed by atoms with van der Waals surface area (Å²) in [6.45, 7) is 7.57. The fourth-order valence-corrected chi connectivity index (χ4v) is 4.52. The van der Waals surface area contributed by atoms with E-state index in [1.165, 1.54) is 17.4 Å². The van der Waals surface area contributed by atoms with E-state index >= 15 is 0 Å². The van der Waals surface area contributed by atoms with Crippen molar-refractivity contribution in [3.8, 4) is 0 Å². The number of thioether (sulfide) groups is 1. The largest absolute Gasteiger partial charge is 0.369 e. The van der Waals surface area contributed by atoms with Gasteiger partial charge in [-0.05, 0) is 42.9 Å². The third-order valence-corrected chi connectivity index (χ3v) is 6.59. The second kappa shape index (κ2) is 9.69. The molecule has 1 N–H and O–H groups in total. The van der Waals surface area contributed by atoms with Gasteiger partial charge in [-0.25, -0.2) is 0 Å². The first-order valence-corrected chi connectivity index (χ1v) is 10.7. The second-order valence-electron chi connectivity index (χ2n) is 6.36. The Labute approximate surface area is 174 Å². The Morgan fingerprint density at radius 3 is 2.26 bits per heavy atom. The van der Waals surface area contributed by atoms with E-state index in [-0.39, 0.29) is 11.7 Å². The Morgan fingerprint density at radius 2 is 1.67 bits per heavy atom. The molecule has 3 rings (SSSR count). The molecule has 0 aromatic heterocycles. The molecule has 1 aliphatic rings. The number of hydrogen-bond acceptors (Lipinski definition) is 4. The number of piperazine rings is 1. The SMILES string of the molecule is CCN1CCN(c2ccc(NC(=O)CSc3c(Cl)cccc3Cl)cc2)CC1. The number of carbonyl (C=O) groups is 1. The van der Waals surface area contributed by atoms with E-state index < -0.39 is 0 Å². The highest BCUT2D eigenvalue weighted by Gasteiger charge is 2.16. The molecule has 0 saturated carbocycles. The lowest BCUT2D eigenvalue weighted by atomic mass is 10.2. The first-order valence-electron chi connectivity index (χ1n) is 9.01. The molecule has 1 heterocycles. The van der Waals surface area contributed by atoms with E-state index in [0.29, 0.717) is 10.0 Å². The van der Waals surface area contributed by atoms with Crippen LogP contribution < -0.4 is 10.2 Å². The second-order valence-corrected chi connectivity index (χ2v) is 8.16. The zero-order chi connectivity index (χ0) is 19.2. The van der Waals surface area contributed by atoms with Crippen molar-refractivity contribution in [2.75, 3.05) is 48.7 Å². The molecular formula is C20H23Cl2N3OS. The predicted molar refractivity (Wildman–Crippen MR) is 117 cm³/mol. The Morgan fingerprint density at radius 1 is 1.04 bits per heavy atom. The van der Waals surface area contributed by atoms with Crippen molar-refractivity contribution < 1.29 is 4.79 Å². The lowest BCUT2D eigenvalue weighted by Crippen LogP contribution is -2.46. The summed E-state index contributed by atoms with van der Waals surface area (Å²) in [7, 11) is 0. The molecule has 0 unspecified atom stereocenters. The van der Waals surface area contributed by atoms with Crippen LogP contribution >= 0.6 is 35.0 Å². The Balaban J connectivity index is 1.51. The number of amides is 1. The van der Waals surface area contributed by atoms with Gasteiger partial charge in [-0.2, -0.15) is 0 Å². The van der Waals surface area contributed by atoms with Crippen LogP contribution in [0.4, 0.5) is 11.4 Å². The minimum Gasteiger partial charge on any atom is -0.369 e. The van der Waals surface area contributed by atoms with Crippen molar-refractivity contribution in [3.63, 3.8) is 0 Å². The van der Waals surface area contributed by atoms with Gasteiger partial charge in [-0.1, -0.05) is 36.2 Å². The lowest BCUT2D eigenvalue weighted by molar-refractivity contribution is -0.113. The molecule has 1 saturated heterocycles. The van der Waals surface area contributed by atoms with Crippen LogP contribution in [-0.2, 0) is 4.79 Å². The summed E-state index contributed by atoms with van der Waals surface area (Å²) < 4.78 is 0. The molecule has 0 bridgehead atoms. The topological polar surface area (TPSA) is 35.6 Å². The van der Waals surface area contributed by atoms with Crippen molar-refractivity contribution in [2.24, 2.45) is 0 Å². The molecule has 4 nitrogen and oxygen atoms in total. The van der Waals surface area contributed by atoms with Gasteiger partial charge in [0.2, 0.25) is 5.91 Å². The first-order chi connectivity index (χ1) is 13.1. The maximum atomic E-state index is 12.2. The quantitative estimate of drug-likeness (QED) is 0.672. The van der Waals surface area contributed by atoms with Crippen LogP contribution in [0.3, 0.4) is 0 Å². The van der Waals surface area contributed by atoms with Gasteiger partial charge >= 0.3 is 0 Å². The average Bonchev–Trinajstić information content (AvgIpc) is 2.68. The van der Waals surface area contributed by atoms with Crippen molar-refractivity contribution in [1.29, 1.82) is 0 Å². The molecule has 1 amide bonds. The number of nitrogens with one attached hydrogen (secondary N) is 1. The van der Waals surface area contributed by atoms with Gasteiger partial charge in [0, 0.05) is 42.4 Å². The third kappa shape index (κ3) is 5.55. The van der Waals surface area contributed by atoms with Crippen molar-refractivity contribution in [1.82, 2.24) is 4.90 Å². The van der Waals surface area contributed by atoms with E-state index in [1.807, 2.05) is 12.1 Å². The number of likely N-dealkylation sites (N-methyl/N-ethyl adjacent to an activating group) is 1. The zero-order valence-corrected chi connectivity index (χ0v) is 17.6. The normalized spacial score (nSPS) is 15.0. The van der Waals surface area contributed by atoms with Crippen LogP contribution in [0.5, 0.6) is 0 Å². The summed E-state index contributed by atoms with van der Waals surface area (Å²) in [5.41, 5.74) is 1.99. The molecule has 2 aromatic rings. The lowest BCUT2D eigenvalue weighted by Gasteiger charge is -2.35. The van der Waals surface area contributed by atoms with E-state index in [1.54, 1.807) is 18.2 Å². The first kappa shape index (κ1) is 20.3. The van der Waals surface area contributed by atoms with Gasteiger partial charge in [0.25, 0.3) is 0 Å². The summed E-state index contributed by atoms with van der Waals surface area (Å²) in [6, 6.07) is 13.4. The number of carbonyl (C=O) groups excluding carboxylic acids is 1. The monoisotopic (exact) mass is 423 g/mol. The molecular weight excluding hydrogens is 401 g/mol. The molecule has 1 aliphatic heterocycles. The number of benzene rings is 2. The number of halogens is 2. The fourth-order valence-electron chi connectivity index (χ4n) is 3.03. The van der Waals surface area contributed by atoms with E-state index in [0.717, 1.165) is 43.3 Å². The highest BCUT2D eigenvalue weighted by Crippen LogP contribution is 2.33. The minimum absolute atomic E-state index is 0.0831. The Kier molecular flexibility index (Phi) is 7.30. The van der Waals surface area contributed by atoms with Crippen molar-refractivity contribution in [2.45, 2.75) is 11.8 Å². The van der Waals surface area contributed by atoms with Crippen molar-refractivity contribution in [3.05, 3.63) is 52.5 Å². The van der Waals surface area contributed by atoms with Gasteiger partial charge in [-0.15, -0.1) is 11.8 Å². The van der Waals surface area contributed by atoms with Crippen LogP contribution in [0.2, 0.25) is 10.0 Å². The number of hydrogen-bond donors (Lipinski definition) is 1. The smallest absolute Gasteiger partial charge is 0.234 e. The molecule has 0 aliphatic carbocycles.